The van der Waals surface area contributed by atoms with E-state index in [0.29, 0.717) is 13.1 Å². The van der Waals surface area contributed by atoms with Gasteiger partial charge in [0, 0.05) is 13.2 Å². The third-order valence-electron chi connectivity index (χ3n) is 1.22. The summed E-state index contributed by atoms with van der Waals surface area (Å²) in [4.78, 5) is 9.76. The largest absolute Gasteiger partial charge is 0.461 e. The van der Waals surface area contributed by atoms with Gasteiger partial charge in [-0.3, -0.25) is 9.48 Å². The quantitative estimate of drug-likeness (QED) is 0.559. The monoisotopic (exact) mass is 140 g/mol. The average Bonchev–Trinajstić information content (AvgIpc) is 2.31. The molecular weight excluding hydrogens is 132 g/mol. The minimum absolute atomic E-state index is 0.292. The Bertz CT molecular complexity index is 219. The highest BCUT2D eigenvalue weighted by atomic mass is 16.5. The molecular formula is C6H8N2O2. The Labute approximate surface area is 58.4 Å². The predicted molar refractivity (Wildman–Crippen MR) is 34.1 cm³/mol. The summed E-state index contributed by atoms with van der Waals surface area (Å²) in [6.07, 6.45) is 1.66. The van der Waals surface area contributed by atoms with Crippen LogP contribution in [-0.2, 0) is 23.2 Å². The molecule has 0 bridgehead atoms. The molecule has 4 nitrogen and oxygen atoms in total. The second kappa shape index (κ2) is 3.00. The van der Waals surface area contributed by atoms with E-state index in [2.05, 4.69) is 9.84 Å². The molecule has 0 saturated heterocycles. The van der Waals surface area contributed by atoms with Gasteiger partial charge >= 0.3 is 0 Å². The predicted octanol–water partition coefficient (Wildman–Crippen LogP) is 0.0931. The lowest BCUT2D eigenvalue weighted by Gasteiger charge is -1.97. The summed E-state index contributed by atoms with van der Waals surface area (Å²) in [5, 5.41) is 3.89. The first-order chi connectivity index (χ1) is 4.84. The first kappa shape index (κ1) is 6.80. The van der Waals surface area contributed by atoms with Crippen LogP contribution in [0.5, 0.6) is 0 Å². The standard InChI is InChI=1S/C6H8N2O2/c1-8-6(2-3-7-8)4-10-5-9/h2-3,5H,4H2,1H3. The van der Waals surface area contributed by atoms with Gasteiger partial charge < -0.3 is 4.74 Å². The third kappa shape index (κ3) is 1.34. The first-order valence-corrected chi connectivity index (χ1v) is 2.86. The van der Waals surface area contributed by atoms with Crippen LogP contribution < -0.4 is 0 Å². The summed E-state index contributed by atoms with van der Waals surface area (Å²) in [6.45, 7) is 0.715. The van der Waals surface area contributed by atoms with Crippen molar-refractivity contribution in [3.05, 3.63) is 18.0 Å². The van der Waals surface area contributed by atoms with Crippen molar-refractivity contribution in [1.82, 2.24) is 9.78 Å². The Morgan fingerprint density at radius 2 is 2.70 bits per heavy atom. The van der Waals surface area contributed by atoms with Crippen LogP contribution in [0.2, 0.25) is 0 Å². The molecule has 0 saturated carbocycles. The van der Waals surface area contributed by atoms with Gasteiger partial charge in [0.2, 0.25) is 0 Å². The van der Waals surface area contributed by atoms with E-state index in [1.54, 1.807) is 24.0 Å². The van der Waals surface area contributed by atoms with Crippen LogP contribution >= 0.6 is 0 Å². The van der Waals surface area contributed by atoms with Gasteiger partial charge in [0.15, 0.2) is 0 Å². The number of ether oxygens (including phenoxy) is 1. The molecule has 1 rings (SSSR count). The molecule has 0 fully saturated rings. The SMILES string of the molecule is Cn1nccc1COC=O. The topological polar surface area (TPSA) is 44.1 Å². The second-order valence-corrected chi connectivity index (χ2v) is 1.85. The zero-order valence-electron chi connectivity index (χ0n) is 5.65. The second-order valence-electron chi connectivity index (χ2n) is 1.85. The molecule has 4 heteroatoms. The van der Waals surface area contributed by atoms with Crippen molar-refractivity contribution in [2.75, 3.05) is 0 Å². The van der Waals surface area contributed by atoms with Crippen molar-refractivity contribution < 1.29 is 9.53 Å². The van der Waals surface area contributed by atoms with Crippen LogP contribution in [0.3, 0.4) is 0 Å². The number of carbonyl (C=O) groups is 1. The summed E-state index contributed by atoms with van der Waals surface area (Å²) in [6, 6.07) is 1.80. The molecule has 0 atom stereocenters. The summed E-state index contributed by atoms with van der Waals surface area (Å²) < 4.78 is 6.17. The van der Waals surface area contributed by atoms with Crippen LogP contribution in [0.1, 0.15) is 5.69 Å². The first-order valence-electron chi connectivity index (χ1n) is 2.86. The zero-order chi connectivity index (χ0) is 7.40. The Kier molecular flexibility index (Phi) is 2.04. The van der Waals surface area contributed by atoms with E-state index in [-0.39, 0.29) is 0 Å². The Hall–Kier alpha value is -1.32. The van der Waals surface area contributed by atoms with E-state index in [4.69, 9.17) is 0 Å². The summed E-state index contributed by atoms with van der Waals surface area (Å²) in [5.74, 6) is 0. The maximum atomic E-state index is 9.76. The van der Waals surface area contributed by atoms with E-state index in [1.165, 1.54) is 0 Å². The maximum Gasteiger partial charge on any atom is 0.293 e. The fraction of sp³-hybridized carbons (Fsp3) is 0.333. The number of aromatic nitrogens is 2. The molecule has 1 aromatic rings. The van der Waals surface area contributed by atoms with Gasteiger partial charge in [-0.1, -0.05) is 0 Å². The molecule has 0 aliphatic heterocycles. The number of carbonyl (C=O) groups excluding carboxylic acids is 1. The van der Waals surface area contributed by atoms with E-state index in [0.717, 1.165) is 5.69 Å². The van der Waals surface area contributed by atoms with Crippen molar-refractivity contribution >= 4 is 6.47 Å². The third-order valence-corrected chi connectivity index (χ3v) is 1.22. The highest BCUT2D eigenvalue weighted by molar-refractivity contribution is 5.37. The van der Waals surface area contributed by atoms with E-state index >= 15 is 0 Å². The van der Waals surface area contributed by atoms with Gasteiger partial charge in [-0.2, -0.15) is 5.10 Å². The molecule has 0 N–H and O–H groups in total. The molecule has 1 heterocycles. The van der Waals surface area contributed by atoms with Gasteiger partial charge in [0.05, 0.1) is 5.69 Å². The number of aryl methyl sites for hydroxylation is 1. The van der Waals surface area contributed by atoms with Gasteiger partial charge in [-0.15, -0.1) is 0 Å². The molecule has 0 radical (unpaired) electrons. The van der Waals surface area contributed by atoms with Gasteiger partial charge in [-0.25, -0.2) is 0 Å². The molecule has 10 heavy (non-hydrogen) atoms. The molecule has 0 unspecified atom stereocenters. The van der Waals surface area contributed by atoms with Crippen molar-refractivity contribution in [3.8, 4) is 0 Å². The fourth-order valence-corrected chi connectivity index (χ4v) is 0.662. The van der Waals surface area contributed by atoms with Crippen molar-refractivity contribution in [1.29, 1.82) is 0 Å². The molecule has 0 aliphatic carbocycles. The molecule has 0 amide bonds. The van der Waals surface area contributed by atoms with Crippen LogP contribution in [0.4, 0.5) is 0 Å². The lowest BCUT2D eigenvalue weighted by atomic mass is 10.5. The van der Waals surface area contributed by atoms with Crippen molar-refractivity contribution in [2.24, 2.45) is 7.05 Å². The fourth-order valence-electron chi connectivity index (χ4n) is 0.662. The normalized spacial score (nSPS) is 9.30. The summed E-state index contributed by atoms with van der Waals surface area (Å²) >= 11 is 0. The molecule has 0 aliphatic rings. The summed E-state index contributed by atoms with van der Waals surface area (Å²) in [5.41, 5.74) is 0.882. The molecule has 54 valence electrons. The van der Waals surface area contributed by atoms with Gasteiger partial charge in [0.25, 0.3) is 6.47 Å². The van der Waals surface area contributed by atoms with Crippen LogP contribution in [0.15, 0.2) is 12.3 Å². The number of nitrogens with zero attached hydrogens (tertiary/aromatic N) is 2. The lowest BCUT2D eigenvalue weighted by molar-refractivity contribution is -0.130. The van der Waals surface area contributed by atoms with Crippen LogP contribution in [-0.4, -0.2) is 16.3 Å². The lowest BCUT2D eigenvalue weighted by Crippen LogP contribution is -1.99. The minimum Gasteiger partial charge on any atom is -0.461 e. The van der Waals surface area contributed by atoms with E-state index < -0.39 is 0 Å². The van der Waals surface area contributed by atoms with Crippen LogP contribution in [0, 0.1) is 0 Å². The van der Waals surface area contributed by atoms with Gasteiger partial charge in [-0.05, 0) is 6.07 Å². The zero-order valence-corrected chi connectivity index (χ0v) is 5.65. The highest BCUT2D eigenvalue weighted by Crippen LogP contribution is 1.96. The highest BCUT2D eigenvalue weighted by Gasteiger charge is 1.95. The van der Waals surface area contributed by atoms with E-state index in [9.17, 15) is 4.79 Å². The Morgan fingerprint density at radius 3 is 3.20 bits per heavy atom. The Balaban J connectivity index is 2.56. The Morgan fingerprint density at radius 1 is 1.90 bits per heavy atom. The van der Waals surface area contributed by atoms with Crippen molar-refractivity contribution in [3.63, 3.8) is 0 Å². The molecule has 0 spiro atoms. The summed E-state index contributed by atoms with van der Waals surface area (Å²) in [7, 11) is 1.80. The number of rotatable bonds is 3. The molecule has 0 aromatic carbocycles. The average molecular weight is 140 g/mol. The minimum atomic E-state index is 0.292. The van der Waals surface area contributed by atoms with Gasteiger partial charge in [0.1, 0.15) is 6.61 Å². The number of hydrogen-bond acceptors (Lipinski definition) is 3. The van der Waals surface area contributed by atoms with Crippen LogP contribution in [0.25, 0.3) is 0 Å². The van der Waals surface area contributed by atoms with E-state index in [1.807, 2.05) is 0 Å². The van der Waals surface area contributed by atoms with Crippen molar-refractivity contribution in [2.45, 2.75) is 6.61 Å². The smallest absolute Gasteiger partial charge is 0.293 e. The number of hydrogen-bond donors (Lipinski definition) is 0. The molecule has 1 aromatic heterocycles. The maximum absolute atomic E-state index is 9.76.